The molecule has 144 valence electrons. The predicted molar refractivity (Wildman–Crippen MR) is 115 cm³/mol. The van der Waals surface area contributed by atoms with Crippen LogP contribution in [0.1, 0.15) is 25.3 Å². The molecule has 0 aliphatic carbocycles. The van der Waals surface area contributed by atoms with Crippen molar-refractivity contribution < 1.29 is 8.42 Å². The molecule has 0 bridgehead atoms. The molecule has 0 unspecified atom stereocenters. The van der Waals surface area contributed by atoms with Crippen LogP contribution in [-0.4, -0.2) is 32.0 Å². The van der Waals surface area contributed by atoms with E-state index in [1.165, 1.54) is 5.39 Å². The van der Waals surface area contributed by atoms with Crippen LogP contribution in [0.25, 0.3) is 10.8 Å². The van der Waals surface area contributed by atoms with Crippen LogP contribution in [0.15, 0.2) is 76.6 Å². The van der Waals surface area contributed by atoms with Gasteiger partial charge in [-0.15, -0.1) is 0 Å². The number of fused-ring (bicyclic) bond motifs is 1. The van der Waals surface area contributed by atoms with E-state index in [1.807, 2.05) is 30.5 Å². The first-order valence-electron chi connectivity index (χ1n) is 9.66. The number of nitrogens with zero attached hydrogens (tertiary/aromatic N) is 2. The average Bonchev–Trinajstić information content (AvgIpc) is 2.73. The Hall–Kier alpha value is -2.50. The Morgan fingerprint density at radius 1 is 0.929 bits per heavy atom. The molecule has 1 saturated heterocycles. The van der Waals surface area contributed by atoms with Crippen LogP contribution < -0.4 is 0 Å². The first-order chi connectivity index (χ1) is 13.5. The zero-order valence-electron chi connectivity index (χ0n) is 16.0. The summed E-state index contributed by atoms with van der Waals surface area (Å²) in [5, 5.41) is 2.32. The van der Waals surface area contributed by atoms with Crippen LogP contribution in [0, 0.1) is 5.92 Å². The fraction of sp³-hybridized carbons (Fsp3) is 0.261. The van der Waals surface area contributed by atoms with E-state index in [9.17, 15) is 8.42 Å². The van der Waals surface area contributed by atoms with Gasteiger partial charge >= 0.3 is 0 Å². The minimum atomic E-state index is -3.42. The van der Waals surface area contributed by atoms with Crippen LogP contribution in [-0.2, 0) is 10.0 Å². The fourth-order valence-corrected chi connectivity index (χ4v) is 5.06. The van der Waals surface area contributed by atoms with E-state index in [4.69, 9.17) is 0 Å². The number of hydrogen-bond donors (Lipinski definition) is 0. The van der Waals surface area contributed by atoms with Crippen LogP contribution >= 0.6 is 0 Å². The number of sulfonamides is 1. The van der Waals surface area contributed by atoms with Gasteiger partial charge in [0, 0.05) is 24.9 Å². The zero-order chi connectivity index (χ0) is 19.6. The Kier molecular flexibility index (Phi) is 5.29. The molecule has 0 amide bonds. The largest absolute Gasteiger partial charge is 0.256 e. The predicted octanol–water partition coefficient (Wildman–Crippen LogP) is 5.01. The lowest BCUT2D eigenvalue weighted by Gasteiger charge is -2.29. The van der Waals surface area contributed by atoms with E-state index in [0.717, 1.165) is 29.5 Å². The minimum Gasteiger partial charge on any atom is -0.256 e. The number of piperidine rings is 1. The Labute approximate surface area is 166 Å². The average molecular weight is 393 g/mol. The van der Waals surface area contributed by atoms with E-state index >= 15 is 0 Å². The van der Waals surface area contributed by atoms with Crippen molar-refractivity contribution in [1.82, 2.24) is 4.31 Å². The van der Waals surface area contributed by atoms with E-state index < -0.39 is 10.0 Å². The van der Waals surface area contributed by atoms with Gasteiger partial charge in [0.25, 0.3) is 0 Å². The van der Waals surface area contributed by atoms with Crippen molar-refractivity contribution in [3.63, 3.8) is 0 Å². The van der Waals surface area contributed by atoms with E-state index in [1.54, 1.807) is 28.6 Å². The van der Waals surface area contributed by atoms with Gasteiger partial charge < -0.3 is 0 Å². The maximum absolute atomic E-state index is 12.8. The van der Waals surface area contributed by atoms with Gasteiger partial charge in [0.2, 0.25) is 10.0 Å². The maximum atomic E-state index is 12.8. The van der Waals surface area contributed by atoms with Gasteiger partial charge in [-0.25, -0.2) is 8.42 Å². The molecule has 1 fully saturated rings. The standard InChI is InChI=1S/C23H24N2O2S/c1-18-13-15-25(16-14-18)28(26,27)22-11-9-21(10-12-22)24-17-20-7-4-6-19-5-2-3-8-23(19)20/h2-12,17-18H,13-16H2,1H3. The molecular formula is C23H24N2O2S. The highest BCUT2D eigenvalue weighted by atomic mass is 32.2. The number of rotatable bonds is 4. The molecule has 1 aliphatic heterocycles. The first-order valence-corrected chi connectivity index (χ1v) is 11.1. The molecule has 0 saturated carbocycles. The molecule has 0 aromatic heterocycles. The third-order valence-corrected chi connectivity index (χ3v) is 7.31. The summed E-state index contributed by atoms with van der Waals surface area (Å²) in [6.07, 6.45) is 3.68. The molecule has 4 rings (SSSR count). The summed E-state index contributed by atoms with van der Waals surface area (Å²) < 4.78 is 27.2. The smallest absolute Gasteiger partial charge is 0.243 e. The van der Waals surface area contributed by atoms with Gasteiger partial charge in [-0.2, -0.15) is 4.31 Å². The quantitative estimate of drug-likeness (QED) is 0.586. The summed E-state index contributed by atoms with van der Waals surface area (Å²) >= 11 is 0. The second-order valence-electron chi connectivity index (χ2n) is 7.41. The Morgan fingerprint density at radius 3 is 2.36 bits per heavy atom. The van der Waals surface area contributed by atoms with Gasteiger partial charge in [0.1, 0.15) is 0 Å². The van der Waals surface area contributed by atoms with Crippen molar-refractivity contribution in [3.05, 3.63) is 72.3 Å². The van der Waals surface area contributed by atoms with Crippen molar-refractivity contribution >= 4 is 32.7 Å². The zero-order valence-corrected chi connectivity index (χ0v) is 16.8. The highest BCUT2D eigenvalue weighted by Gasteiger charge is 2.27. The maximum Gasteiger partial charge on any atom is 0.243 e. The molecule has 0 spiro atoms. The molecular weight excluding hydrogens is 368 g/mol. The summed E-state index contributed by atoms with van der Waals surface area (Å²) in [5.41, 5.74) is 1.77. The molecule has 3 aromatic carbocycles. The topological polar surface area (TPSA) is 49.7 Å². The number of hydrogen-bond acceptors (Lipinski definition) is 3. The highest BCUT2D eigenvalue weighted by molar-refractivity contribution is 7.89. The van der Waals surface area contributed by atoms with Crippen LogP contribution in [0.4, 0.5) is 5.69 Å². The lowest BCUT2D eigenvalue weighted by Crippen LogP contribution is -2.37. The van der Waals surface area contributed by atoms with Crippen molar-refractivity contribution in [1.29, 1.82) is 0 Å². The normalized spacial score (nSPS) is 16.8. The SMILES string of the molecule is CC1CCN(S(=O)(=O)c2ccc(N=Cc3cccc4ccccc34)cc2)CC1. The molecule has 1 aliphatic rings. The summed E-state index contributed by atoms with van der Waals surface area (Å²) in [5.74, 6) is 0.595. The van der Waals surface area contributed by atoms with Crippen LogP contribution in [0.5, 0.6) is 0 Å². The van der Waals surface area contributed by atoms with Gasteiger partial charge in [-0.3, -0.25) is 4.99 Å². The van der Waals surface area contributed by atoms with Crippen molar-refractivity contribution in [2.75, 3.05) is 13.1 Å². The molecule has 28 heavy (non-hydrogen) atoms. The Balaban J connectivity index is 1.54. The van der Waals surface area contributed by atoms with Gasteiger partial charge in [-0.1, -0.05) is 49.4 Å². The molecule has 4 nitrogen and oxygen atoms in total. The van der Waals surface area contributed by atoms with E-state index in [0.29, 0.717) is 23.9 Å². The lowest BCUT2D eigenvalue weighted by atomic mass is 10.0. The summed E-state index contributed by atoms with van der Waals surface area (Å²) in [6, 6.07) is 21.1. The summed E-state index contributed by atoms with van der Waals surface area (Å²) in [7, 11) is -3.42. The van der Waals surface area contributed by atoms with Crippen LogP contribution in [0.2, 0.25) is 0 Å². The van der Waals surface area contributed by atoms with E-state index in [2.05, 4.69) is 30.1 Å². The Bertz CT molecular complexity index is 1090. The second-order valence-corrected chi connectivity index (χ2v) is 9.35. The van der Waals surface area contributed by atoms with Crippen molar-refractivity contribution in [2.24, 2.45) is 10.9 Å². The number of benzene rings is 3. The molecule has 3 aromatic rings. The van der Waals surface area contributed by atoms with E-state index in [-0.39, 0.29) is 0 Å². The van der Waals surface area contributed by atoms with Crippen molar-refractivity contribution in [2.45, 2.75) is 24.7 Å². The number of aliphatic imine (C=N–C) groups is 1. The molecule has 0 radical (unpaired) electrons. The fourth-order valence-electron chi connectivity index (χ4n) is 3.59. The third-order valence-electron chi connectivity index (χ3n) is 5.39. The summed E-state index contributed by atoms with van der Waals surface area (Å²) in [4.78, 5) is 4.88. The lowest BCUT2D eigenvalue weighted by molar-refractivity contribution is 0.288. The van der Waals surface area contributed by atoms with Gasteiger partial charge in [-0.05, 0) is 53.8 Å². The molecule has 0 atom stereocenters. The highest BCUT2D eigenvalue weighted by Crippen LogP contribution is 2.25. The van der Waals surface area contributed by atoms with Crippen molar-refractivity contribution in [3.8, 4) is 0 Å². The third kappa shape index (κ3) is 3.86. The Morgan fingerprint density at radius 2 is 1.61 bits per heavy atom. The van der Waals surface area contributed by atoms with Gasteiger partial charge in [0.05, 0.1) is 10.6 Å². The molecule has 5 heteroatoms. The summed E-state index contributed by atoms with van der Waals surface area (Å²) in [6.45, 7) is 3.38. The molecule has 0 N–H and O–H groups in total. The van der Waals surface area contributed by atoms with Gasteiger partial charge in [0.15, 0.2) is 0 Å². The monoisotopic (exact) mass is 392 g/mol. The molecule has 1 heterocycles. The van der Waals surface area contributed by atoms with Crippen LogP contribution in [0.3, 0.4) is 0 Å². The first kappa shape index (κ1) is 18.8. The minimum absolute atomic E-state index is 0.339. The second kappa shape index (κ2) is 7.86.